The van der Waals surface area contributed by atoms with Gasteiger partial charge in [0.25, 0.3) is 0 Å². The Morgan fingerprint density at radius 2 is 2.00 bits per heavy atom. The van der Waals surface area contributed by atoms with E-state index in [0.717, 1.165) is 12.1 Å². The van der Waals surface area contributed by atoms with Crippen molar-refractivity contribution in [3.8, 4) is 5.75 Å². The molecular formula is C15H14BrF2NO. The molecule has 0 aliphatic heterocycles. The van der Waals surface area contributed by atoms with Gasteiger partial charge in [0.2, 0.25) is 0 Å². The van der Waals surface area contributed by atoms with Crippen LogP contribution in [0.5, 0.6) is 5.75 Å². The van der Waals surface area contributed by atoms with Crippen LogP contribution in [0.2, 0.25) is 0 Å². The van der Waals surface area contributed by atoms with Crippen molar-refractivity contribution in [1.29, 1.82) is 0 Å². The number of phenols is 1. The molecule has 5 heteroatoms. The lowest BCUT2D eigenvalue weighted by atomic mass is 10.1. The highest BCUT2D eigenvalue weighted by molar-refractivity contribution is 9.10. The van der Waals surface area contributed by atoms with Crippen LogP contribution >= 0.6 is 15.9 Å². The van der Waals surface area contributed by atoms with Gasteiger partial charge in [0.05, 0.1) is 4.47 Å². The number of nitrogens with one attached hydrogen (secondary N) is 1. The zero-order chi connectivity index (χ0) is 14.7. The Kier molecular flexibility index (Phi) is 4.73. The molecule has 20 heavy (non-hydrogen) atoms. The average Bonchev–Trinajstić information content (AvgIpc) is 2.43. The molecule has 0 aliphatic carbocycles. The predicted molar refractivity (Wildman–Crippen MR) is 77.4 cm³/mol. The molecule has 2 aromatic carbocycles. The van der Waals surface area contributed by atoms with Gasteiger partial charge in [-0.1, -0.05) is 12.1 Å². The standard InChI is InChI=1S/C15H14BrF2NO/c1-9(12-7-11(17)5-6-14(12)18)19-8-10-3-2-4-13(16)15(10)20/h2-7,9,19-20H,8H2,1H3. The SMILES string of the molecule is CC(NCc1cccc(Br)c1O)c1cc(F)ccc1F. The minimum atomic E-state index is -0.472. The third-order valence-corrected chi connectivity index (χ3v) is 3.73. The van der Waals surface area contributed by atoms with Crippen molar-refractivity contribution in [2.75, 3.05) is 0 Å². The van der Waals surface area contributed by atoms with Crippen LogP contribution in [0, 0.1) is 11.6 Å². The van der Waals surface area contributed by atoms with Crippen molar-refractivity contribution in [3.05, 3.63) is 63.6 Å². The normalized spacial score (nSPS) is 12.4. The first-order valence-corrected chi connectivity index (χ1v) is 6.93. The molecule has 0 heterocycles. The summed E-state index contributed by atoms with van der Waals surface area (Å²) in [7, 11) is 0. The van der Waals surface area contributed by atoms with Crippen LogP contribution in [0.15, 0.2) is 40.9 Å². The second-order valence-electron chi connectivity index (χ2n) is 4.52. The number of phenolic OH excluding ortho intramolecular Hbond substituents is 1. The summed E-state index contributed by atoms with van der Waals surface area (Å²) in [5.74, 6) is -0.780. The number of hydrogen-bond acceptors (Lipinski definition) is 2. The quantitative estimate of drug-likeness (QED) is 0.869. The molecule has 1 unspecified atom stereocenters. The average molecular weight is 342 g/mol. The fraction of sp³-hybridized carbons (Fsp3) is 0.200. The Morgan fingerprint density at radius 3 is 2.75 bits per heavy atom. The van der Waals surface area contributed by atoms with Gasteiger partial charge in [0, 0.05) is 23.7 Å². The van der Waals surface area contributed by atoms with Gasteiger partial charge in [0.1, 0.15) is 17.4 Å². The van der Waals surface area contributed by atoms with E-state index in [9.17, 15) is 13.9 Å². The summed E-state index contributed by atoms with van der Waals surface area (Å²) >= 11 is 3.23. The highest BCUT2D eigenvalue weighted by atomic mass is 79.9. The molecule has 0 radical (unpaired) electrons. The van der Waals surface area contributed by atoms with E-state index in [4.69, 9.17) is 0 Å². The number of aromatic hydroxyl groups is 1. The highest BCUT2D eigenvalue weighted by Crippen LogP contribution is 2.28. The molecule has 106 valence electrons. The summed E-state index contributed by atoms with van der Waals surface area (Å²) in [5.41, 5.74) is 0.947. The Morgan fingerprint density at radius 1 is 1.25 bits per heavy atom. The minimum absolute atomic E-state index is 0.145. The van der Waals surface area contributed by atoms with Crippen molar-refractivity contribution in [2.45, 2.75) is 19.5 Å². The molecule has 1 atom stereocenters. The molecule has 0 saturated carbocycles. The molecule has 0 bridgehead atoms. The molecule has 0 amide bonds. The molecule has 2 N–H and O–H groups in total. The maximum absolute atomic E-state index is 13.6. The number of benzene rings is 2. The van der Waals surface area contributed by atoms with E-state index in [1.807, 2.05) is 0 Å². The van der Waals surface area contributed by atoms with Crippen LogP contribution in [-0.2, 0) is 6.54 Å². The van der Waals surface area contributed by atoms with Gasteiger partial charge in [-0.2, -0.15) is 0 Å². The maximum atomic E-state index is 13.6. The molecule has 0 aromatic heterocycles. The van der Waals surface area contributed by atoms with E-state index in [1.165, 1.54) is 6.07 Å². The largest absolute Gasteiger partial charge is 0.506 e. The van der Waals surface area contributed by atoms with Crippen LogP contribution in [0.4, 0.5) is 8.78 Å². The summed E-state index contributed by atoms with van der Waals surface area (Å²) in [4.78, 5) is 0. The predicted octanol–water partition coefficient (Wildman–Crippen LogP) is 4.28. The van der Waals surface area contributed by atoms with Crippen molar-refractivity contribution in [2.24, 2.45) is 0 Å². The first kappa shape index (κ1) is 14.9. The summed E-state index contributed by atoms with van der Waals surface area (Å²) in [5, 5.41) is 12.9. The zero-order valence-corrected chi connectivity index (χ0v) is 12.4. The van der Waals surface area contributed by atoms with Gasteiger partial charge in [-0.25, -0.2) is 8.78 Å². The second kappa shape index (κ2) is 6.33. The first-order chi connectivity index (χ1) is 9.49. The van der Waals surface area contributed by atoms with Gasteiger partial charge in [-0.05, 0) is 47.1 Å². The summed E-state index contributed by atoms with van der Waals surface area (Å²) < 4.78 is 27.4. The zero-order valence-electron chi connectivity index (χ0n) is 10.8. The molecule has 2 aromatic rings. The van der Waals surface area contributed by atoms with Gasteiger partial charge in [-0.15, -0.1) is 0 Å². The Balaban J connectivity index is 2.10. The lowest BCUT2D eigenvalue weighted by molar-refractivity contribution is 0.455. The molecular weight excluding hydrogens is 328 g/mol. The third-order valence-electron chi connectivity index (χ3n) is 3.09. The van der Waals surface area contributed by atoms with Crippen LogP contribution in [-0.4, -0.2) is 5.11 Å². The third kappa shape index (κ3) is 3.35. The molecule has 0 spiro atoms. The van der Waals surface area contributed by atoms with Crippen LogP contribution in [0.25, 0.3) is 0 Å². The van der Waals surface area contributed by atoms with E-state index < -0.39 is 11.6 Å². The van der Waals surface area contributed by atoms with Crippen molar-refractivity contribution in [1.82, 2.24) is 5.32 Å². The summed E-state index contributed by atoms with van der Waals surface area (Å²) in [6.45, 7) is 2.09. The fourth-order valence-electron chi connectivity index (χ4n) is 1.92. The summed E-state index contributed by atoms with van der Waals surface area (Å²) in [6.07, 6.45) is 0. The van der Waals surface area contributed by atoms with E-state index in [1.54, 1.807) is 25.1 Å². The minimum Gasteiger partial charge on any atom is -0.506 e. The monoisotopic (exact) mass is 341 g/mol. The summed E-state index contributed by atoms with van der Waals surface area (Å²) in [6, 6.07) is 8.30. The number of hydrogen-bond donors (Lipinski definition) is 2. The Hall–Kier alpha value is -1.46. The lowest BCUT2D eigenvalue weighted by Gasteiger charge is -2.16. The maximum Gasteiger partial charge on any atom is 0.134 e. The fourth-order valence-corrected chi connectivity index (χ4v) is 2.33. The van der Waals surface area contributed by atoms with E-state index in [-0.39, 0.29) is 17.4 Å². The first-order valence-electron chi connectivity index (χ1n) is 6.13. The second-order valence-corrected chi connectivity index (χ2v) is 5.37. The van der Waals surface area contributed by atoms with Gasteiger partial charge < -0.3 is 10.4 Å². The molecule has 0 fully saturated rings. The molecule has 0 aliphatic rings. The van der Waals surface area contributed by atoms with Crippen LogP contribution in [0.1, 0.15) is 24.1 Å². The van der Waals surface area contributed by atoms with Crippen molar-refractivity contribution >= 4 is 15.9 Å². The van der Waals surface area contributed by atoms with E-state index >= 15 is 0 Å². The Bertz CT molecular complexity index is 619. The van der Waals surface area contributed by atoms with Crippen molar-refractivity contribution in [3.63, 3.8) is 0 Å². The van der Waals surface area contributed by atoms with Crippen molar-refractivity contribution < 1.29 is 13.9 Å². The number of rotatable bonds is 4. The topological polar surface area (TPSA) is 32.3 Å². The molecule has 2 rings (SSSR count). The number of halogens is 3. The van der Waals surface area contributed by atoms with Gasteiger partial charge in [0.15, 0.2) is 0 Å². The Labute approximate surface area is 124 Å². The lowest BCUT2D eigenvalue weighted by Crippen LogP contribution is -2.19. The number of para-hydroxylation sites is 1. The van der Waals surface area contributed by atoms with Crippen LogP contribution < -0.4 is 5.32 Å². The van der Waals surface area contributed by atoms with E-state index in [2.05, 4.69) is 21.2 Å². The molecule has 0 saturated heterocycles. The van der Waals surface area contributed by atoms with Gasteiger partial charge in [-0.3, -0.25) is 0 Å². The highest BCUT2D eigenvalue weighted by Gasteiger charge is 2.13. The van der Waals surface area contributed by atoms with Gasteiger partial charge >= 0.3 is 0 Å². The smallest absolute Gasteiger partial charge is 0.134 e. The molecule has 2 nitrogen and oxygen atoms in total. The van der Waals surface area contributed by atoms with E-state index in [0.29, 0.717) is 16.6 Å². The van der Waals surface area contributed by atoms with Crippen LogP contribution in [0.3, 0.4) is 0 Å².